The number of carbonyl (C=O) groups excluding carboxylic acids is 2. The van der Waals surface area contributed by atoms with E-state index in [1.165, 1.54) is 12.2 Å². The van der Waals surface area contributed by atoms with Crippen molar-refractivity contribution >= 4 is 47.0 Å². The Balaban J connectivity index is 1.13. The van der Waals surface area contributed by atoms with Crippen LogP contribution in [0.1, 0.15) is 22.3 Å². The van der Waals surface area contributed by atoms with Crippen molar-refractivity contribution in [2.75, 3.05) is 36.8 Å². The number of hydrogen-bond donors (Lipinski definition) is 4. The molecule has 8 heteroatoms. The summed E-state index contributed by atoms with van der Waals surface area (Å²) in [5.41, 5.74) is 5.07. The summed E-state index contributed by atoms with van der Waals surface area (Å²) in [5.74, 6) is 1.27. The third-order valence-corrected chi connectivity index (χ3v) is 5.95. The molecule has 0 aliphatic carbocycles. The molecule has 4 N–H and O–H groups in total. The van der Waals surface area contributed by atoms with Gasteiger partial charge in [-0.05, 0) is 47.5 Å². The Labute approximate surface area is 221 Å². The number of aliphatic imine (C=N–C) groups is 2. The first kappa shape index (κ1) is 24.7. The molecule has 0 aromatic heterocycles. The fourth-order valence-electron chi connectivity index (χ4n) is 4.10. The molecule has 0 unspecified atom stereocenters. The molecule has 2 heterocycles. The first-order valence-corrected chi connectivity index (χ1v) is 12.5. The predicted octanol–water partition coefficient (Wildman–Crippen LogP) is 3.69. The van der Waals surface area contributed by atoms with Crippen molar-refractivity contribution in [2.24, 2.45) is 9.98 Å². The van der Waals surface area contributed by atoms with E-state index in [9.17, 15) is 9.59 Å². The quantitative estimate of drug-likeness (QED) is 0.351. The van der Waals surface area contributed by atoms with E-state index < -0.39 is 0 Å². The Morgan fingerprint density at radius 1 is 0.658 bits per heavy atom. The van der Waals surface area contributed by atoms with Crippen LogP contribution in [0.3, 0.4) is 0 Å². The molecule has 0 radical (unpaired) electrons. The van der Waals surface area contributed by atoms with E-state index in [2.05, 4.69) is 31.3 Å². The summed E-state index contributed by atoms with van der Waals surface area (Å²) in [6, 6.07) is 22.8. The van der Waals surface area contributed by atoms with Crippen LogP contribution in [-0.2, 0) is 9.59 Å². The molecule has 0 atom stereocenters. The lowest BCUT2D eigenvalue weighted by molar-refractivity contribution is -0.112. The second kappa shape index (κ2) is 11.8. The van der Waals surface area contributed by atoms with Crippen molar-refractivity contribution < 1.29 is 9.59 Å². The van der Waals surface area contributed by atoms with Crippen molar-refractivity contribution in [3.05, 3.63) is 107 Å². The smallest absolute Gasteiger partial charge is 0.248 e. The number of carbonyl (C=O) groups is 2. The van der Waals surface area contributed by atoms with Gasteiger partial charge in [-0.1, -0.05) is 48.5 Å². The van der Waals surface area contributed by atoms with Crippen LogP contribution >= 0.6 is 0 Å². The van der Waals surface area contributed by atoms with Gasteiger partial charge in [0.25, 0.3) is 0 Å². The van der Waals surface area contributed by atoms with Crippen molar-refractivity contribution in [1.82, 2.24) is 10.6 Å². The molecule has 3 aromatic carbocycles. The van der Waals surface area contributed by atoms with Crippen molar-refractivity contribution in [3.8, 4) is 0 Å². The molecule has 0 fully saturated rings. The number of anilines is 2. The number of hydrogen-bond acceptors (Lipinski definition) is 6. The zero-order valence-electron chi connectivity index (χ0n) is 20.8. The molecule has 5 rings (SSSR count). The number of benzene rings is 3. The van der Waals surface area contributed by atoms with E-state index in [0.29, 0.717) is 11.4 Å². The Bertz CT molecular complexity index is 1340. The van der Waals surface area contributed by atoms with Gasteiger partial charge in [0.2, 0.25) is 11.8 Å². The number of rotatable bonds is 8. The summed E-state index contributed by atoms with van der Waals surface area (Å²) >= 11 is 0. The standard InChI is InChI=1S/C30H28N6O2/c37-27(35-25-5-1-3-23(19-25)29-31-15-16-32-29)13-11-21-7-9-22(10-8-21)12-14-28(38)36-26-6-2-4-24(20-26)30-33-17-18-34-30/h1-14,19-20H,15-18H2,(H,31,32)(H,33,34)(H,35,37)(H,36,38)/b13-11+,14-12+. The highest BCUT2D eigenvalue weighted by Crippen LogP contribution is 2.14. The van der Waals surface area contributed by atoms with Gasteiger partial charge in [-0.25, -0.2) is 0 Å². The zero-order valence-corrected chi connectivity index (χ0v) is 20.8. The van der Waals surface area contributed by atoms with Gasteiger partial charge in [0.05, 0.1) is 13.1 Å². The zero-order chi connectivity index (χ0) is 26.2. The Hall–Kier alpha value is -4.98. The van der Waals surface area contributed by atoms with Crippen LogP contribution in [0.2, 0.25) is 0 Å². The lowest BCUT2D eigenvalue weighted by Crippen LogP contribution is -2.19. The molecule has 8 nitrogen and oxygen atoms in total. The first-order chi connectivity index (χ1) is 18.6. The molecule has 2 aliphatic heterocycles. The second-order valence-corrected chi connectivity index (χ2v) is 8.79. The molecule has 2 amide bonds. The maximum absolute atomic E-state index is 12.4. The minimum atomic E-state index is -0.219. The van der Waals surface area contributed by atoms with Gasteiger partial charge in [0.15, 0.2) is 0 Å². The lowest BCUT2D eigenvalue weighted by atomic mass is 10.1. The topological polar surface area (TPSA) is 107 Å². The van der Waals surface area contributed by atoms with Gasteiger partial charge < -0.3 is 21.3 Å². The Morgan fingerprint density at radius 2 is 1.11 bits per heavy atom. The van der Waals surface area contributed by atoms with Crippen LogP contribution < -0.4 is 21.3 Å². The highest BCUT2D eigenvalue weighted by molar-refractivity contribution is 6.05. The van der Waals surface area contributed by atoms with Crippen molar-refractivity contribution in [2.45, 2.75) is 0 Å². The highest BCUT2D eigenvalue weighted by atomic mass is 16.2. The maximum Gasteiger partial charge on any atom is 0.248 e. The van der Waals surface area contributed by atoms with E-state index in [1.807, 2.05) is 72.8 Å². The summed E-state index contributed by atoms with van der Waals surface area (Å²) in [7, 11) is 0. The van der Waals surface area contributed by atoms with Gasteiger partial charge in [-0.15, -0.1) is 0 Å². The monoisotopic (exact) mass is 504 g/mol. The fourth-order valence-corrected chi connectivity index (χ4v) is 4.10. The minimum Gasteiger partial charge on any atom is -0.368 e. The minimum absolute atomic E-state index is 0.219. The van der Waals surface area contributed by atoms with E-state index in [0.717, 1.165) is 60.1 Å². The normalized spacial score (nSPS) is 14.6. The van der Waals surface area contributed by atoms with E-state index in [4.69, 9.17) is 0 Å². The molecule has 0 saturated carbocycles. The molecule has 190 valence electrons. The third kappa shape index (κ3) is 6.61. The summed E-state index contributed by atoms with van der Waals surface area (Å²) in [6.45, 7) is 3.19. The Kier molecular flexibility index (Phi) is 7.69. The van der Waals surface area contributed by atoms with Gasteiger partial charge in [-0.2, -0.15) is 0 Å². The maximum atomic E-state index is 12.4. The third-order valence-electron chi connectivity index (χ3n) is 5.95. The Morgan fingerprint density at radius 3 is 1.50 bits per heavy atom. The molecule has 0 bridgehead atoms. The fraction of sp³-hybridized carbons (Fsp3) is 0.133. The average Bonchev–Trinajstić information content (AvgIpc) is 3.67. The van der Waals surface area contributed by atoms with E-state index in [1.54, 1.807) is 12.2 Å². The number of nitrogens with zero attached hydrogens (tertiary/aromatic N) is 2. The molecular weight excluding hydrogens is 476 g/mol. The molecule has 0 spiro atoms. The van der Waals surface area contributed by atoms with E-state index >= 15 is 0 Å². The van der Waals surface area contributed by atoms with Gasteiger partial charge in [0.1, 0.15) is 11.7 Å². The first-order valence-electron chi connectivity index (χ1n) is 12.5. The molecule has 38 heavy (non-hydrogen) atoms. The number of amidine groups is 2. The summed E-state index contributed by atoms with van der Waals surface area (Å²) < 4.78 is 0. The van der Waals surface area contributed by atoms with Crippen molar-refractivity contribution in [1.29, 1.82) is 0 Å². The lowest BCUT2D eigenvalue weighted by Gasteiger charge is -2.06. The predicted molar refractivity (Wildman–Crippen MR) is 153 cm³/mol. The van der Waals surface area contributed by atoms with Crippen LogP contribution in [0.15, 0.2) is 94.9 Å². The summed E-state index contributed by atoms with van der Waals surface area (Å²) in [4.78, 5) is 33.6. The van der Waals surface area contributed by atoms with E-state index in [-0.39, 0.29) is 11.8 Å². The molecular formula is C30H28N6O2. The highest BCUT2D eigenvalue weighted by Gasteiger charge is 2.10. The van der Waals surface area contributed by atoms with Crippen LogP contribution in [0.25, 0.3) is 12.2 Å². The molecule has 3 aromatic rings. The largest absolute Gasteiger partial charge is 0.368 e. The van der Waals surface area contributed by atoms with Crippen LogP contribution in [0.5, 0.6) is 0 Å². The second-order valence-electron chi connectivity index (χ2n) is 8.79. The van der Waals surface area contributed by atoms with Crippen LogP contribution in [-0.4, -0.2) is 49.7 Å². The average molecular weight is 505 g/mol. The molecule has 0 saturated heterocycles. The number of amides is 2. The van der Waals surface area contributed by atoms with Gasteiger partial charge >= 0.3 is 0 Å². The van der Waals surface area contributed by atoms with Crippen LogP contribution in [0, 0.1) is 0 Å². The molecule has 2 aliphatic rings. The number of nitrogens with one attached hydrogen (secondary N) is 4. The van der Waals surface area contributed by atoms with Gasteiger partial charge in [0, 0.05) is 47.7 Å². The summed E-state index contributed by atoms with van der Waals surface area (Å²) in [5, 5.41) is 12.2. The SMILES string of the molecule is O=C(/C=C/c1ccc(/C=C/C(=O)Nc2cccc(C3=NCCN3)c2)cc1)Nc1cccc(C2=NCCN2)c1. The van der Waals surface area contributed by atoms with Crippen molar-refractivity contribution in [3.63, 3.8) is 0 Å². The van der Waals surface area contributed by atoms with Gasteiger partial charge in [-0.3, -0.25) is 19.6 Å². The van der Waals surface area contributed by atoms with Crippen LogP contribution in [0.4, 0.5) is 11.4 Å². The summed E-state index contributed by atoms with van der Waals surface area (Å²) in [6.07, 6.45) is 6.49.